The zero-order valence-corrected chi connectivity index (χ0v) is 14.0. The molecule has 1 aromatic heterocycles. The van der Waals surface area contributed by atoms with Crippen LogP contribution in [-0.4, -0.2) is 24.9 Å². The first-order valence-corrected chi connectivity index (χ1v) is 7.91. The van der Waals surface area contributed by atoms with Crippen molar-refractivity contribution in [2.24, 2.45) is 5.10 Å². The lowest BCUT2D eigenvalue weighted by Gasteiger charge is -2.10. The number of thiazole rings is 1. The van der Waals surface area contributed by atoms with Crippen molar-refractivity contribution < 1.29 is 9.47 Å². The summed E-state index contributed by atoms with van der Waals surface area (Å²) in [6.45, 7) is 1.92. The minimum absolute atomic E-state index is 0.719. The molecule has 0 atom stereocenters. The van der Waals surface area contributed by atoms with Crippen molar-refractivity contribution >= 4 is 32.4 Å². The molecule has 0 radical (unpaired) electrons. The van der Waals surface area contributed by atoms with E-state index in [2.05, 4.69) is 15.5 Å². The fourth-order valence-corrected chi connectivity index (χ4v) is 3.02. The van der Waals surface area contributed by atoms with E-state index in [-0.39, 0.29) is 0 Å². The zero-order valence-electron chi connectivity index (χ0n) is 13.2. The minimum atomic E-state index is 0.719. The van der Waals surface area contributed by atoms with Gasteiger partial charge in [-0.05, 0) is 31.2 Å². The number of hydrogen-bond donors (Lipinski definition) is 1. The van der Waals surface area contributed by atoms with Crippen LogP contribution in [0.15, 0.2) is 47.6 Å². The van der Waals surface area contributed by atoms with Crippen molar-refractivity contribution in [3.8, 4) is 11.5 Å². The lowest BCUT2D eigenvalue weighted by Crippen LogP contribution is -2.02. The maximum Gasteiger partial charge on any atom is 0.204 e. The number of para-hydroxylation sites is 1. The Morgan fingerprint density at radius 2 is 1.96 bits per heavy atom. The number of hydrogen-bond acceptors (Lipinski definition) is 6. The topological polar surface area (TPSA) is 55.7 Å². The van der Waals surface area contributed by atoms with E-state index in [0.717, 1.165) is 38.1 Å². The molecule has 2 aromatic carbocycles. The second kappa shape index (κ2) is 6.66. The van der Waals surface area contributed by atoms with Crippen LogP contribution in [0.2, 0.25) is 0 Å². The van der Waals surface area contributed by atoms with E-state index in [1.165, 1.54) is 0 Å². The van der Waals surface area contributed by atoms with Crippen LogP contribution in [0, 0.1) is 0 Å². The maximum absolute atomic E-state index is 5.41. The first kappa shape index (κ1) is 15.3. The number of nitrogens with one attached hydrogen (secondary N) is 1. The summed E-state index contributed by atoms with van der Waals surface area (Å²) in [5, 5.41) is 5.18. The summed E-state index contributed by atoms with van der Waals surface area (Å²) < 4.78 is 11.7. The van der Waals surface area contributed by atoms with Gasteiger partial charge in [-0.15, -0.1) is 0 Å². The Morgan fingerprint density at radius 1 is 1.13 bits per heavy atom. The molecule has 0 spiro atoms. The quantitative estimate of drug-likeness (QED) is 0.565. The second-order valence-corrected chi connectivity index (χ2v) is 5.89. The molecule has 0 amide bonds. The molecule has 118 valence electrons. The molecule has 0 bridgehead atoms. The van der Waals surface area contributed by atoms with Gasteiger partial charge < -0.3 is 9.47 Å². The molecular formula is C17H17N3O2S. The number of methoxy groups -OCH3 is 2. The van der Waals surface area contributed by atoms with Crippen LogP contribution >= 0.6 is 11.3 Å². The third kappa shape index (κ3) is 3.27. The molecule has 0 saturated carbocycles. The van der Waals surface area contributed by atoms with E-state index >= 15 is 0 Å². The molecule has 23 heavy (non-hydrogen) atoms. The summed E-state index contributed by atoms with van der Waals surface area (Å²) in [4.78, 5) is 4.50. The number of anilines is 1. The number of rotatable bonds is 5. The normalized spacial score (nSPS) is 11.5. The van der Waals surface area contributed by atoms with Gasteiger partial charge in [0.1, 0.15) is 11.5 Å². The van der Waals surface area contributed by atoms with Crippen LogP contribution < -0.4 is 14.9 Å². The van der Waals surface area contributed by atoms with Crippen molar-refractivity contribution in [2.75, 3.05) is 19.6 Å². The average molecular weight is 327 g/mol. The van der Waals surface area contributed by atoms with Crippen molar-refractivity contribution in [3.05, 3.63) is 48.0 Å². The predicted octanol–water partition coefficient (Wildman–Crippen LogP) is 4.15. The Bertz CT molecular complexity index is 825. The highest BCUT2D eigenvalue weighted by Gasteiger charge is 2.08. The largest absolute Gasteiger partial charge is 0.497 e. The molecule has 0 aliphatic carbocycles. The van der Waals surface area contributed by atoms with Gasteiger partial charge in [0, 0.05) is 11.6 Å². The molecule has 6 heteroatoms. The van der Waals surface area contributed by atoms with Crippen LogP contribution in [0.5, 0.6) is 11.5 Å². The fourth-order valence-electron chi connectivity index (χ4n) is 2.21. The van der Waals surface area contributed by atoms with Crippen LogP contribution in [-0.2, 0) is 0 Å². The number of ether oxygens (including phenoxy) is 2. The highest BCUT2D eigenvalue weighted by Crippen LogP contribution is 2.27. The van der Waals surface area contributed by atoms with Gasteiger partial charge >= 0.3 is 0 Å². The predicted molar refractivity (Wildman–Crippen MR) is 95.0 cm³/mol. The summed E-state index contributed by atoms with van der Waals surface area (Å²) in [7, 11) is 3.26. The average Bonchev–Trinajstić information content (AvgIpc) is 3.02. The number of benzene rings is 2. The smallest absolute Gasteiger partial charge is 0.204 e. The van der Waals surface area contributed by atoms with Crippen LogP contribution in [0.25, 0.3) is 10.2 Å². The first-order valence-electron chi connectivity index (χ1n) is 7.09. The van der Waals surface area contributed by atoms with Crippen LogP contribution in [0.4, 0.5) is 5.13 Å². The number of aromatic nitrogens is 1. The van der Waals surface area contributed by atoms with Crippen molar-refractivity contribution in [3.63, 3.8) is 0 Å². The van der Waals surface area contributed by atoms with E-state index in [1.807, 2.05) is 49.4 Å². The van der Waals surface area contributed by atoms with E-state index in [9.17, 15) is 0 Å². The highest BCUT2D eigenvalue weighted by atomic mass is 32.1. The Hall–Kier alpha value is -2.60. The standard InChI is InChI=1S/C17H17N3O2S/c1-11(13-9-8-12(21-2)10-15(13)22-3)19-20-17-18-14-6-4-5-7-16(14)23-17/h4-10H,1-3H3,(H,18,20). The molecule has 3 aromatic rings. The van der Waals surface area contributed by atoms with Gasteiger partial charge in [0.2, 0.25) is 5.13 Å². The van der Waals surface area contributed by atoms with Gasteiger partial charge in [-0.2, -0.15) is 5.10 Å². The van der Waals surface area contributed by atoms with Crippen molar-refractivity contribution in [1.82, 2.24) is 4.98 Å². The first-order chi connectivity index (χ1) is 11.2. The van der Waals surface area contributed by atoms with Gasteiger partial charge in [-0.3, -0.25) is 5.43 Å². The van der Waals surface area contributed by atoms with Gasteiger partial charge in [0.05, 0.1) is 30.1 Å². The summed E-state index contributed by atoms with van der Waals surface area (Å²) in [5.74, 6) is 1.47. The van der Waals surface area contributed by atoms with Crippen molar-refractivity contribution in [2.45, 2.75) is 6.92 Å². The second-order valence-electron chi connectivity index (χ2n) is 4.86. The molecule has 0 aliphatic rings. The highest BCUT2D eigenvalue weighted by molar-refractivity contribution is 7.22. The summed E-state index contributed by atoms with van der Waals surface area (Å²) in [6, 6.07) is 13.7. The Labute approximate surface area is 138 Å². The van der Waals surface area contributed by atoms with Gasteiger partial charge in [-0.1, -0.05) is 23.5 Å². The van der Waals surface area contributed by atoms with Gasteiger partial charge in [-0.25, -0.2) is 4.98 Å². The van der Waals surface area contributed by atoms with E-state index in [4.69, 9.17) is 9.47 Å². The molecule has 0 fully saturated rings. The molecular weight excluding hydrogens is 310 g/mol. The van der Waals surface area contributed by atoms with Gasteiger partial charge in [0.25, 0.3) is 0 Å². The van der Waals surface area contributed by atoms with Gasteiger partial charge in [0.15, 0.2) is 0 Å². The Morgan fingerprint density at radius 3 is 2.70 bits per heavy atom. The fraction of sp³-hybridized carbons (Fsp3) is 0.176. The Kier molecular flexibility index (Phi) is 4.43. The zero-order chi connectivity index (χ0) is 16.2. The van der Waals surface area contributed by atoms with Crippen LogP contribution in [0.1, 0.15) is 12.5 Å². The summed E-state index contributed by atoms with van der Waals surface area (Å²) in [5.41, 5.74) is 5.70. The summed E-state index contributed by atoms with van der Waals surface area (Å²) in [6.07, 6.45) is 0. The third-order valence-electron chi connectivity index (χ3n) is 3.41. The number of fused-ring (bicyclic) bond motifs is 1. The molecule has 1 heterocycles. The lowest BCUT2D eigenvalue weighted by molar-refractivity contribution is 0.394. The van der Waals surface area contributed by atoms with Crippen molar-refractivity contribution in [1.29, 1.82) is 0 Å². The maximum atomic E-state index is 5.41. The van der Waals surface area contributed by atoms with E-state index in [1.54, 1.807) is 25.6 Å². The van der Waals surface area contributed by atoms with E-state index < -0.39 is 0 Å². The Balaban J connectivity index is 1.84. The lowest BCUT2D eigenvalue weighted by atomic mass is 10.1. The summed E-state index contributed by atoms with van der Waals surface area (Å²) >= 11 is 1.57. The molecule has 3 rings (SSSR count). The SMILES string of the molecule is COc1ccc(C(C)=NNc2nc3ccccc3s2)c(OC)c1. The number of hydrazone groups is 1. The molecule has 5 nitrogen and oxygen atoms in total. The number of nitrogens with zero attached hydrogens (tertiary/aromatic N) is 2. The molecule has 0 saturated heterocycles. The minimum Gasteiger partial charge on any atom is -0.497 e. The van der Waals surface area contributed by atoms with Crippen LogP contribution in [0.3, 0.4) is 0 Å². The third-order valence-corrected chi connectivity index (χ3v) is 4.35. The molecule has 0 aliphatic heterocycles. The monoisotopic (exact) mass is 327 g/mol. The molecule has 0 unspecified atom stereocenters. The molecule has 1 N–H and O–H groups in total. The van der Waals surface area contributed by atoms with E-state index in [0.29, 0.717) is 0 Å².